The molecule has 1 heterocycles. The Balaban J connectivity index is 2.66. The lowest BCUT2D eigenvalue weighted by atomic mass is 10.3. The summed E-state index contributed by atoms with van der Waals surface area (Å²) in [4.78, 5) is 6.22. The van der Waals surface area contributed by atoms with Gasteiger partial charge in [-0.2, -0.15) is 0 Å². The second-order valence-electron chi connectivity index (χ2n) is 2.05. The lowest BCUT2D eigenvalue weighted by molar-refractivity contribution is 0.621. The standard InChI is InChI=1S/C8H5FN4/c9-7-3-4-8(11-6-7)2-1-5-12-13-10/h3-4,6H,5H2. The van der Waals surface area contributed by atoms with Gasteiger partial charge in [-0.15, -0.1) is 0 Å². The Hall–Kier alpha value is -2.05. The summed E-state index contributed by atoms with van der Waals surface area (Å²) in [5.74, 6) is 4.78. The second kappa shape index (κ2) is 4.75. The Morgan fingerprint density at radius 2 is 2.46 bits per heavy atom. The molecule has 5 heteroatoms. The van der Waals surface area contributed by atoms with E-state index in [9.17, 15) is 4.39 Å². The van der Waals surface area contributed by atoms with Gasteiger partial charge in [0, 0.05) is 4.91 Å². The van der Waals surface area contributed by atoms with Crippen LogP contribution in [0.4, 0.5) is 4.39 Å². The third kappa shape index (κ3) is 3.23. The Labute approximate surface area is 74.0 Å². The average Bonchev–Trinajstić information content (AvgIpc) is 2.15. The molecule has 0 amide bonds. The molecule has 0 aliphatic rings. The minimum absolute atomic E-state index is 0.0928. The van der Waals surface area contributed by atoms with Gasteiger partial charge in [-0.25, -0.2) is 9.37 Å². The number of aromatic nitrogens is 1. The van der Waals surface area contributed by atoms with Crippen molar-refractivity contribution < 1.29 is 4.39 Å². The lowest BCUT2D eigenvalue weighted by Gasteiger charge is -1.87. The molecule has 0 atom stereocenters. The van der Waals surface area contributed by atoms with E-state index in [0.717, 1.165) is 6.20 Å². The fourth-order valence-corrected chi connectivity index (χ4v) is 0.647. The molecule has 0 saturated heterocycles. The second-order valence-corrected chi connectivity index (χ2v) is 2.05. The van der Waals surface area contributed by atoms with E-state index in [0.29, 0.717) is 5.69 Å². The van der Waals surface area contributed by atoms with Crippen molar-refractivity contribution in [2.75, 3.05) is 6.54 Å². The van der Waals surface area contributed by atoms with E-state index in [-0.39, 0.29) is 6.54 Å². The zero-order valence-electron chi connectivity index (χ0n) is 6.61. The minimum Gasteiger partial charge on any atom is -0.245 e. The van der Waals surface area contributed by atoms with Crippen molar-refractivity contribution in [1.82, 2.24) is 4.98 Å². The number of hydrogen-bond donors (Lipinski definition) is 0. The average molecular weight is 176 g/mol. The number of halogens is 1. The first kappa shape index (κ1) is 9.04. The van der Waals surface area contributed by atoms with E-state index >= 15 is 0 Å². The van der Waals surface area contributed by atoms with Crippen LogP contribution in [0.15, 0.2) is 23.4 Å². The SMILES string of the molecule is [N-]=[N+]=NCC#Cc1ccc(F)cn1. The van der Waals surface area contributed by atoms with Crippen molar-refractivity contribution in [1.29, 1.82) is 0 Å². The summed E-state index contributed by atoms with van der Waals surface area (Å²) in [6.07, 6.45) is 1.08. The largest absolute Gasteiger partial charge is 0.245 e. The third-order valence-electron chi connectivity index (χ3n) is 1.16. The van der Waals surface area contributed by atoms with Crippen LogP contribution in [-0.4, -0.2) is 11.5 Å². The molecule has 0 radical (unpaired) electrons. The molecule has 0 spiro atoms. The summed E-state index contributed by atoms with van der Waals surface area (Å²) in [5.41, 5.74) is 8.38. The van der Waals surface area contributed by atoms with Crippen molar-refractivity contribution in [2.45, 2.75) is 0 Å². The Morgan fingerprint density at radius 3 is 3.08 bits per heavy atom. The molecule has 1 rings (SSSR count). The van der Waals surface area contributed by atoms with E-state index in [2.05, 4.69) is 26.9 Å². The highest BCUT2D eigenvalue weighted by atomic mass is 19.1. The number of azide groups is 1. The number of nitrogens with zero attached hydrogens (tertiary/aromatic N) is 4. The van der Waals surface area contributed by atoms with Crippen LogP contribution < -0.4 is 0 Å². The summed E-state index contributed by atoms with van der Waals surface area (Å²) < 4.78 is 12.4. The summed E-state index contributed by atoms with van der Waals surface area (Å²) in [6, 6.07) is 2.73. The van der Waals surface area contributed by atoms with Gasteiger partial charge in [0.05, 0.1) is 12.7 Å². The third-order valence-corrected chi connectivity index (χ3v) is 1.16. The first-order valence-corrected chi connectivity index (χ1v) is 3.44. The molecule has 0 N–H and O–H groups in total. The van der Waals surface area contributed by atoms with Crippen molar-refractivity contribution in [3.8, 4) is 11.8 Å². The van der Waals surface area contributed by atoms with Crippen molar-refractivity contribution in [2.24, 2.45) is 5.11 Å². The van der Waals surface area contributed by atoms with Crippen molar-refractivity contribution in [3.05, 3.63) is 40.3 Å². The van der Waals surface area contributed by atoms with Gasteiger partial charge in [0.25, 0.3) is 0 Å². The van der Waals surface area contributed by atoms with Gasteiger partial charge in [0.1, 0.15) is 11.5 Å². The molecule has 4 nitrogen and oxygen atoms in total. The molecule has 0 aliphatic carbocycles. The summed E-state index contributed by atoms with van der Waals surface area (Å²) in [5, 5.41) is 3.21. The molecule has 0 fully saturated rings. The van der Waals surface area contributed by atoms with Crippen molar-refractivity contribution >= 4 is 0 Å². The van der Waals surface area contributed by atoms with Gasteiger partial charge in [0.15, 0.2) is 0 Å². The molecule has 13 heavy (non-hydrogen) atoms. The van der Waals surface area contributed by atoms with Crippen LogP contribution in [0.1, 0.15) is 5.69 Å². The molecule has 0 unspecified atom stereocenters. The molecular formula is C8H5FN4. The molecule has 0 aromatic carbocycles. The van der Waals surface area contributed by atoms with E-state index in [1.807, 2.05) is 0 Å². The molecule has 64 valence electrons. The molecule has 0 bridgehead atoms. The van der Waals surface area contributed by atoms with Crippen LogP contribution in [0.3, 0.4) is 0 Å². The zero-order valence-corrected chi connectivity index (χ0v) is 6.61. The smallest absolute Gasteiger partial charge is 0.141 e. The highest BCUT2D eigenvalue weighted by Crippen LogP contribution is 1.95. The highest BCUT2D eigenvalue weighted by molar-refractivity contribution is 5.27. The van der Waals surface area contributed by atoms with E-state index in [1.54, 1.807) is 0 Å². The predicted molar refractivity (Wildman–Crippen MR) is 45.1 cm³/mol. The number of hydrogen-bond acceptors (Lipinski definition) is 2. The van der Waals surface area contributed by atoms with Crippen LogP contribution in [0.5, 0.6) is 0 Å². The summed E-state index contributed by atoms with van der Waals surface area (Å²) >= 11 is 0. The summed E-state index contributed by atoms with van der Waals surface area (Å²) in [7, 11) is 0. The van der Waals surface area contributed by atoms with E-state index < -0.39 is 5.82 Å². The van der Waals surface area contributed by atoms with Gasteiger partial charge < -0.3 is 0 Å². The Kier molecular flexibility index (Phi) is 3.31. The topological polar surface area (TPSA) is 61.7 Å². The van der Waals surface area contributed by atoms with E-state index in [1.165, 1.54) is 12.1 Å². The lowest BCUT2D eigenvalue weighted by Crippen LogP contribution is -1.83. The van der Waals surface area contributed by atoms with Crippen LogP contribution in [0, 0.1) is 17.7 Å². The van der Waals surface area contributed by atoms with Gasteiger partial charge in [-0.3, -0.25) is 0 Å². The highest BCUT2D eigenvalue weighted by Gasteiger charge is 1.88. The maximum Gasteiger partial charge on any atom is 0.141 e. The molecule has 1 aromatic rings. The summed E-state index contributed by atoms with van der Waals surface area (Å²) in [6.45, 7) is 0.0928. The maximum absolute atomic E-state index is 12.4. The normalized spacial score (nSPS) is 8.08. The van der Waals surface area contributed by atoms with Crippen LogP contribution in [0.25, 0.3) is 10.4 Å². The van der Waals surface area contributed by atoms with Crippen LogP contribution >= 0.6 is 0 Å². The first-order valence-electron chi connectivity index (χ1n) is 3.44. The minimum atomic E-state index is -0.402. The molecule has 1 aromatic heterocycles. The fourth-order valence-electron chi connectivity index (χ4n) is 0.647. The number of pyridine rings is 1. The Morgan fingerprint density at radius 1 is 1.62 bits per heavy atom. The van der Waals surface area contributed by atoms with Crippen LogP contribution in [0.2, 0.25) is 0 Å². The van der Waals surface area contributed by atoms with Gasteiger partial charge >= 0.3 is 0 Å². The van der Waals surface area contributed by atoms with Gasteiger partial charge in [0.2, 0.25) is 0 Å². The number of rotatable bonds is 1. The zero-order chi connectivity index (χ0) is 9.52. The van der Waals surface area contributed by atoms with Crippen LogP contribution in [-0.2, 0) is 0 Å². The van der Waals surface area contributed by atoms with Crippen molar-refractivity contribution in [3.63, 3.8) is 0 Å². The van der Waals surface area contributed by atoms with Gasteiger partial charge in [-0.1, -0.05) is 11.0 Å². The first-order chi connectivity index (χ1) is 6.33. The predicted octanol–water partition coefficient (Wildman–Crippen LogP) is 1.88. The molecule has 0 saturated carbocycles. The Bertz CT molecular complexity index is 381. The molecule has 0 aliphatic heterocycles. The van der Waals surface area contributed by atoms with Gasteiger partial charge in [-0.05, 0) is 23.6 Å². The quantitative estimate of drug-likeness (QED) is 0.279. The maximum atomic E-state index is 12.4. The monoisotopic (exact) mass is 176 g/mol. The van der Waals surface area contributed by atoms with E-state index in [4.69, 9.17) is 5.53 Å². The fraction of sp³-hybridized carbons (Fsp3) is 0.125. The molecular weight excluding hydrogens is 171 g/mol.